The molecule has 5 aromatic rings. The van der Waals surface area contributed by atoms with Gasteiger partial charge in [0, 0.05) is 57.5 Å². The van der Waals surface area contributed by atoms with Crippen LogP contribution < -0.4 is 5.32 Å². The van der Waals surface area contributed by atoms with Gasteiger partial charge in [-0.2, -0.15) is 0 Å². The molecule has 5 nitrogen and oxygen atoms in total. The fourth-order valence-electron chi connectivity index (χ4n) is 5.31. The van der Waals surface area contributed by atoms with Crippen LogP contribution in [-0.4, -0.2) is 20.9 Å². The van der Waals surface area contributed by atoms with Crippen LogP contribution in [-0.2, 0) is 11.2 Å². The highest BCUT2D eigenvalue weighted by Gasteiger charge is 2.27. The number of nitrogens with one attached hydrogen (secondary N) is 3. The minimum Gasteiger partial charge on any atom is -0.361 e. The van der Waals surface area contributed by atoms with Gasteiger partial charge in [-0.3, -0.25) is 10.1 Å². The molecular weight excluding hydrogens is 471 g/mol. The first-order valence-electron chi connectivity index (χ1n) is 11.9. The fourth-order valence-corrected chi connectivity index (χ4v) is 5.84. The Kier molecular flexibility index (Phi) is 5.38. The Bertz CT molecular complexity index is 1660. The van der Waals surface area contributed by atoms with Crippen LogP contribution in [0.4, 0.5) is 9.52 Å². The molecule has 1 aliphatic carbocycles. The van der Waals surface area contributed by atoms with Crippen molar-refractivity contribution in [3.05, 3.63) is 87.9 Å². The minimum atomic E-state index is -0.275. The van der Waals surface area contributed by atoms with Crippen molar-refractivity contribution in [3.63, 3.8) is 0 Å². The van der Waals surface area contributed by atoms with Gasteiger partial charge in [-0.1, -0.05) is 32.0 Å². The molecule has 0 fully saturated rings. The number of carbonyl (C=O) groups is 1. The highest BCUT2D eigenvalue weighted by molar-refractivity contribution is 7.13. The van der Waals surface area contributed by atoms with Crippen molar-refractivity contribution in [1.29, 1.82) is 0 Å². The number of thiazole rings is 1. The molecular formula is C29H25FN4OS. The largest absolute Gasteiger partial charge is 0.361 e. The number of anilines is 1. The van der Waals surface area contributed by atoms with E-state index >= 15 is 0 Å². The molecule has 36 heavy (non-hydrogen) atoms. The number of hydrogen-bond acceptors (Lipinski definition) is 3. The summed E-state index contributed by atoms with van der Waals surface area (Å²) in [6.07, 6.45) is 6.08. The third kappa shape index (κ3) is 3.67. The van der Waals surface area contributed by atoms with Crippen LogP contribution in [0, 0.1) is 12.7 Å². The number of rotatable bonds is 5. The number of carbonyl (C=O) groups excluding carboxylic acids is 1. The zero-order valence-corrected chi connectivity index (χ0v) is 21.0. The van der Waals surface area contributed by atoms with Gasteiger partial charge in [-0.15, -0.1) is 11.3 Å². The highest BCUT2D eigenvalue weighted by atomic mass is 32.1. The molecule has 6 rings (SSSR count). The van der Waals surface area contributed by atoms with Crippen LogP contribution >= 0.6 is 11.3 Å². The first kappa shape index (κ1) is 22.5. The molecule has 1 aliphatic rings. The molecule has 3 N–H and O–H groups in total. The molecule has 0 spiro atoms. The van der Waals surface area contributed by atoms with Crippen LogP contribution in [0.3, 0.4) is 0 Å². The van der Waals surface area contributed by atoms with Crippen LogP contribution in [0.2, 0.25) is 0 Å². The van der Waals surface area contributed by atoms with E-state index in [2.05, 4.69) is 53.2 Å². The Hall–Kier alpha value is -3.97. The summed E-state index contributed by atoms with van der Waals surface area (Å²) >= 11 is 1.40. The molecule has 180 valence electrons. The van der Waals surface area contributed by atoms with E-state index in [0.717, 1.165) is 55.7 Å². The molecule has 0 unspecified atom stereocenters. The second-order valence-electron chi connectivity index (χ2n) is 9.48. The third-order valence-corrected chi connectivity index (χ3v) is 7.50. The van der Waals surface area contributed by atoms with Gasteiger partial charge in [-0.25, -0.2) is 9.37 Å². The van der Waals surface area contributed by atoms with E-state index in [9.17, 15) is 9.18 Å². The lowest BCUT2D eigenvalue weighted by atomic mass is 9.88. The van der Waals surface area contributed by atoms with Crippen molar-refractivity contribution < 1.29 is 9.18 Å². The molecule has 1 amide bonds. The van der Waals surface area contributed by atoms with E-state index in [1.807, 2.05) is 29.8 Å². The molecule has 2 aromatic carbocycles. The number of H-pyrrole nitrogens is 2. The summed E-state index contributed by atoms with van der Waals surface area (Å²) in [5, 5.41) is 6.31. The first-order valence-corrected chi connectivity index (χ1v) is 12.8. The predicted octanol–water partition coefficient (Wildman–Crippen LogP) is 7.44. The van der Waals surface area contributed by atoms with Gasteiger partial charge in [0.15, 0.2) is 5.13 Å². The zero-order valence-electron chi connectivity index (χ0n) is 20.2. The smallest absolute Gasteiger partial charge is 0.253 e. The van der Waals surface area contributed by atoms with Crippen molar-refractivity contribution in [2.45, 2.75) is 33.1 Å². The van der Waals surface area contributed by atoms with E-state index in [4.69, 9.17) is 0 Å². The summed E-state index contributed by atoms with van der Waals surface area (Å²) in [5.41, 5.74) is 9.79. The maximum atomic E-state index is 14.6. The Morgan fingerprint density at radius 1 is 1.19 bits per heavy atom. The van der Waals surface area contributed by atoms with Crippen LogP contribution in [0.5, 0.6) is 0 Å². The molecule has 0 bridgehead atoms. The summed E-state index contributed by atoms with van der Waals surface area (Å²) in [7, 11) is 0. The number of amides is 1. The predicted molar refractivity (Wildman–Crippen MR) is 145 cm³/mol. The third-order valence-electron chi connectivity index (χ3n) is 6.82. The molecule has 3 aromatic heterocycles. The second kappa shape index (κ2) is 8.60. The number of halogens is 1. The monoisotopic (exact) mass is 496 g/mol. The summed E-state index contributed by atoms with van der Waals surface area (Å²) in [6.45, 7) is 6.39. The normalized spacial score (nSPS) is 12.9. The molecule has 0 aliphatic heterocycles. The lowest BCUT2D eigenvalue weighted by Crippen LogP contribution is -2.14. The average molecular weight is 497 g/mol. The Morgan fingerprint density at radius 3 is 2.83 bits per heavy atom. The van der Waals surface area contributed by atoms with Crippen molar-refractivity contribution in [2.75, 3.05) is 5.32 Å². The van der Waals surface area contributed by atoms with Gasteiger partial charge in [-0.05, 0) is 59.4 Å². The van der Waals surface area contributed by atoms with Crippen LogP contribution in [0.15, 0.2) is 59.7 Å². The molecule has 3 heterocycles. The van der Waals surface area contributed by atoms with Gasteiger partial charge in [0.05, 0.1) is 5.69 Å². The van der Waals surface area contributed by atoms with Crippen LogP contribution in [0.25, 0.3) is 39.4 Å². The molecule has 7 heteroatoms. The Labute approximate surface area is 212 Å². The number of nitrogens with zero attached hydrogens (tertiary/aromatic N) is 1. The Morgan fingerprint density at radius 2 is 2.06 bits per heavy atom. The van der Waals surface area contributed by atoms with Crippen molar-refractivity contribution in [1.82, 2.24) is 15.0 Å². The zero-order chi connectivity index (χ0) is 25.0. The minimum absolute atomic E-state index is 0.128. The number of benzene rings is 2. The fraction of sp³-hybridized carbons (Fsp3) is 0.172. The lowest BCUT2D eigenvalue weighted by molar-refractivity contribution is -0.112. The van der Waals surface area contributed by atoms with Crippen molar-refractivity contribution in [2.24, 2.45) is 0 Å². The van der Waals surface area contributed by atoms with E-state index in [1.165, 1.54) is 17.4 Å². The average Bonchev–Trinajstić information content (AvgIpc) is 3.63. The number of aromatic amines is 2. The van der Waals surface area contributed by atoms with Gasteiger partial charge in [0.2, 0.25) is 0 Å². The van der Waals surface area contributed by atoms with Gasteiger partial charge in [0.1, 0.15) is 5.82 Å². The maximum absolute atomic E-state index is 14.6. The van der Waals surface area contributed by atoms with Crippen molar-refractivity contribution >= 4 is 39.4 Å². The number of hydrogen-bond donors (Lipinski definition) is 3. The molecule has 0 saturated heterocycles. The summed E-state index contributed by atoms with van der Waals surface area (Å²) < 4.78 is 14.6. The molecule has 0 atom stereocenters. The van der Waals surface area contributed by atoms with E-state index < -0.39 is 0 Å². The van der Waals surface area contributed by atoms with E-state index in [0.29, 0.717) is 17.1 Å². The van der Waals surface area contributed by atoms with Gasteiger partial charge in [0.25, 0.3) is 5.91 Å². The highest BCUT2D eigenvalue weighted by Crippen LogP contribution is 2.44. The second-order valence-corrected chi connectivity index (χ2v) is 10.4. The maximum Gasteiger partial charge on any atom is 0.253 e. The van der Waals surface area contributed by atoms with Gasteiger partial charge >= 0.3 is 0 Å². The Balaban J connectivity index is 1.49. The number of aryl methyl sites for hydroxylation is 1. The summed E-state index contributed by atoms with van der Waals surface area (Å²) in [6, 6.07) is 11.4. The van der Waals surface area contributed by atoms with Gasteiger partial charge < -0.3 is 9.97 Å². The topological polar surface area (TPSA) is 73.6 Å². The van der Waals surface area contributed by atoms with E-state index in [-0.39, 0.29) is 17.6 Å². The summed E-state index contributed by atoms with van der Waals surface area (Å²) in [4.78, 5) is 23.8. The van der Waals surface area contributed by atoms with Crippen molar-refractivity contribution in [3.8, 4) is 22.4 Å². The van der Waals surface area contributed by atoms with Crippen LogP contribution in [0.1, 0.15) is 42.1 Å². The molecule has 0 radical (unpaired) electrons. The lowest BCUT2D eigenvalue weighted by Gasteiger charge is -2.15. The standard InChI is InChI=1S/C29H25FN4OS/c1-15(2)25-26(16(3)33-27(25)23-13-19(30)14-24-20(23)7-8-31-24)21-6-4-5-17-11-18(12-22(17)21)28(35)34-29-32-9-10-36-29/h4-10,12-15,31,33H,11H2,1-3H3,(H,32,34,35). The number of fused-ring (bicyclic) bond motifs is 2. The number of aromatic nitrogens is 3. The summed E-state index contributed by atoms with van der Waals surface area (Å²) in [5.74, 6) is -0.216. The SMILES string of the molecule is Cc1[nH]c(-c2cc(F)cc3[nH]ccc23)c(C(C)C)c1-c1cccc2c1C=C(C(=O)Nc1nccs1)C2. The molecule has 0 saturated carbocycles. The first-order chi connectivity index (χ1) is 17.4. The van der Waals surface area contributed by atoms with E-state index in [1.54, 1.807) is 12.3 Å². The quantitative estimate of drug-likeness (QED) is 0.237.